The van der Waals surface area contributed by atoms with Crippen molar-refractivity contribution < 1.29 is 8.42 Å². The number of hydrogen-bond donors (Lipinski definition) is 0. The first-order valence-electron chi connectivity index (χ1n) is 2.13. The summed E-state index contributed by atoms with van der Waals surface area (Å²) in [5, 5.41) is 16.7. The van der Waals surface area contributed by atoms with Gasteiger partial charge in [-0.2, -0.15) is 5.26 Å². The lowest BCUT2D eigenvalue weighted by Gasteiger charge is -1.89. The first-order chi connectivity index (χ1) is 4.58. The molecule has 5 heteroatoms. The number of allylic oxidation sites excluding steroid dienone is 1. The molecule has 0 aromatic rings. The smallest absolute Gasteiger partial charge is 0.214 e. The highest BCUT2D eigenvalue weighted by molar-refractivity contribution is 7.98. The number of nitriles is 1. The SMILES string of the molecule is C=CS(=O)(=O)C(=C=[N-])C#N. The molecular weight excluding hydrogens is 152 g/mol. The summed E-state index contributed by atoms with van der Waals surface area (Å²) in [7, 11) is -3.80. The van der Waals surface area contributed by atoms with Gasteiger partial charge in [-0.05, 0) is 0 Å². The quantitative estimate of drug-likeness (QED) is 0.421. The maximum Gasteiger partial charge on any atom is 0.214 e. The van der Waals surface area contributed by atoms with Crippen molar-refractivity contribution in [1.82, 2.24) is 0 Å². The van der Waals surface area contributed by atoms with E-state index in [1.807, 2.05) is 0 Å². The molecule has 0 bridgehead atoms. The highest BCUT2D eigenvalue weighted by atomic mass is 32.2. The Labute approximate surface area is 58.5 Å². The Bertz CT molecular complexity index is 327. The van der Waals surface area contributed by atoms with Crippen molar-refractivity contribution in [3.8, 4) is 6.07 Å². The van der Waals surface area contributed by atoms with Crippen LogP contribution in [0.1, 0.15) is 0 Å². The molecule has 0 N–H and O–H groups in total. The van der Waals surface area contributed by atoms with Gasteiger partial charge in [0.25, 0.3) is 0 Å². The zero-order valence-electron chi connectivity index (χ0n) is 4.90. The van der Waals surface area contributed by atoms with Crippen LogP contribution in [-0.4, -0.2) is 14.3 Å². The van der Waals surface area contributed by atoms with Gasteiger partial charge in [0.2, 0.25) is 9.84 Å². The molecule has 10 heavy (non-hydrogen) atoms. The van der Waals surface area contributed by atoms with Gasteiger partial charge in [-0.25, -0.2) is 14.3 Å². The van der Waals surface area contributed by atoms with Gasteiger partial charge in [0, 0.05) is 5.41 Å². The topological polar surface area (TPSA) is 80.2 Å². The summed E-state index contributed by atoms with van der Waals surface area (Å²) in [5.74, 6) is 1.24. The zero-order chi connectivity index (χ0) is 8.20. The molecular formula is C5H3N2O2S-. The van der Waals surface area contributed by atoms with Crippen molar-refractivity contribution >= 4 is 15.7 Å². The van der Waals surface area contributed by atoms with Crippen LogP contribution in [-0.2, 0) is 9.84 Å². The lowest BCUT2D eigenvalue weighted by molar-refractivity contribution is 0.611. The summed E-state index contributed by atoms with van der Waals surface area (Å²) in [6.07, 6.45) is 0. The van der Waals surface area contributed by atoms with E-state index in [1.54, 1.807) is 0 Å². The van der Waals surface area contributed by atoms with Crippen molar-refractivity contribution in [2.24, 2.45) is 0 Å². The zero-order valence-corrected chi connectivity index (χ0v) is 5.72. The third kappa shape index (κ3) is 1.55. The van der Waals surface area contributed by atoms with Crippen LogP contribution in [0, 0.1) is 11.3 Å². The molecule has 0 aromatic carbocycles. The molecule has 0 fully saturated rings. The number of hydrogen-bond acceptors (Lipinski definition) is 3. The molecule has 0 spiro atoms. The number of sulfone groups is 1. The monoisotopic (exact) mass is 155 g/mol. The summed E-state index contributed by atoms with van der Waals surface area (Å²) in [4.78, 5) is -0.831. The molecule has 0 saturated carbocycles. The van der Waals surface area contributed by atoms with Gasteiger partial charge in [0.15, 0.2) is 4.91 Å². The number of rotatable bonds is 2. The predicted molar refractivity (Wildman–Crippen MR) is 36.6 cm³/mol. The minimum atomic E-state index is -3.80. The summed E-state index contributed by atoms with van der Waals surface area (Å²) in [6, 6.07) is 1.24. The maximum absolute atomic E-state index is 10.6. The highest BCUT2D eigenvalue weighted by Crippen LogP contribution is 2.01. The summed E-state index contributed by atoms with van der Waals surface area (Å²) < 4.78 is 21.1. The molecule has 0 radical (unpaired) electrons. The average molecular weight is 155 g/mol. The lowest BCUT2D eigenvalue weighted by Crippen LogP contribution is -1.96. The second-order valence-corrected chi connectivity index (χ2v) is 3.10. The summed E-state index contributed by atoms with van der Waals surface area (Å²) in [5.41, 5.74) is 0. The standard InChI is InChI=1S/C5H3N2O2S/c1-2-10(8,9)5(3-6)4-7/h2H,1H2/q-1. The molecule has 52 valence electrons. The van der Waals surface area contributed by atoms with E-state index >= 15 is 0 Å². The van der Waals surface area contributed by atoms with Crippen molar-refractivity contribution in [3.63, 3.8) is 0 Å². The van der Waals surface area contributed by atoms with Crippen LogP contribution < -0.4 is 0 Å². The van der Waals surface area contributed by atoms with E-state index in [0.29, 0.717) is 5.41 Å². The minimum absolute atomic E-state index is 0.564. The van der Waals surface area contributed by atoms with Crippen LogP contribution in [0.25, 0.3) is 5.41 Å². The normalized spacial score (nSPS) is 9.10. The van der Waals surface area contributed by atoms with Crippen LogP contribution in [0.4, 0.5) is 0 Å². The molecule has 0 rings (SSSR count). The van der Waals surface area contributed by atoms with E-state index in [0.717, 1.165) is 0 Å². The molecule has 0 saturated heterocycles. The second kappa shape index (κ2) is 2.97. The fraction of sp³-hybridized carbons (Fsp3) is 0. The van der Waals surface area contributed by atoms with Crippen LogP contribution in [0.2, 0.25) is 0 Å². The predicted octanol–water partition coefficient (Wildman–Crippen LogP) is 0.191. The van der Waals surface area contributed by atoms with Crippen LogP contribution in [0.3, 0.4) is 0 Å². The van der Waals surface area contributed by atoms with Gasteiger partial charge in [-0.1, -0.05) is 6.58 Å². The second-order valence-electron chi connectivity index (χ2n) is 1.26. The Kier molecular flexibility index (Phi) is 2.56. The van der Waals surface area contributed by atoms with E-state index in [2.05, 4.69) is 6.58 Å². The first kappa shape index (κ1) is 8.63. The van der Waals surface area contributed by atoms with E-state index in [1.165, 1.54) is 11.9 Å². The van der Waals surface area contributed by atoms with Gasteiger partial charge in [0.05, 0.1) is 0 Å². The van der Waals surface area contributed by atoms with Gasteiger partial charge in [-0.3, -0.25) is 0 Å². The Balaban J connectivity index is 5.28. The van der Waals surface area contributed by atoms with Crippen molar-refractivity contribution in [2.45, 2.75) is 0 Å². The third-order valence-corrected chi connectivity index (χ3v) is 1.90. The molecule has 0 aliphatic carbocycles. The van der Waals surface area contributed by atoms with Crippen molar-refractivity contribution in [3.05, 3.63) is 22.3 Å². The molecule has 0 amide bonds. The Morgan fingerprint density at radius 1 is 1.70 bits per heavy atom. The van der Waals surface area contributed by atoms with E-state index < -0.39 is 14.7 Å². The molecule has 4 nitrogen and oxygen atoms in total. The highest BCUT2D eigenvalue weighted by Gasteiger charge is 2.09. The van der Waals surface area contributed by atoms with Crippen molar-refractivity contribution in [1.29, 1.82) is 5.26 Å². The van der Waals surface area contributed by atoms with Gasteiger partial charge < -0.3 is 5.41 Å². The summed E-state index contributed by atoms with van der Waals surface area (Å²) >= 11 is 0. The fourth-order valence-electron chi connectivity index (χ4n) is 0.236. The Hall–Kier alpha value is -1.37. The van der Waals surface area contributed by atoms with Gasteiger partial charge in [0.1, 0.15) is 6.07 Å². The van der Waals surface area contributed by atoms with Crippen LogP contribution in [0.15, 0.2) is 16.9 Å². The summed E-state index contributed by atoms with van der Waals surface area (Å²) in [6.45, 7) is 2.94. The number of nitrogens with zero attached hydrogens (tertiary/aromatic N) is 2. The van der Waals surface area contributed by atoms with E-state index in [-0.39, 0.29) is 0 Å². The molecule has 0 aromatic heterocycles. The van der Waals surface area contributed by atoms with Crippen molar-refractivity contribution in [2.75, 3.05) is 0 Å². The lowest BCUT2D eigenvalue weighted by atomic mass is 10.7. The van der Waals surface area contributed by atoms with Gasteiger partial charge in [-0.15, -0.1) is 0 Å². The fourth-order valence-corrected chi connectivity index (χ4v) is 0.657. The largest absolute Gasteiger partial charge is 0.762 e. The first-order valence-corrected chi connectivity index (χ1v) is 3.67. The third-order valence-electron chi connectivity index (χ3n) is 0.707. The van der Waals surface area contributed by atoms with Gasteiger partial charge >= 0.3 is 0 Å². The van der Waals surface area contributed by atoms with E-state index in [4.69, 9.17) is 10.7 Å². The Morgan fingerprint density at radius 2 is 2.20 bits per heavy atom. The Morgan fingerprint density at radius 3 is 2.30 bits per heavy atom. The minimum Gasteiger partial charge on any atom is -0.762 e. The molecule has 0 heterocycles. The average Bonchev–Trinajstić information content (AvgIpc) is 1.90. The molecule has 0 atom stereocenters. The maximum atomic E-state index is 10.6. The van der Waals surface area contributed by atoms with Crippen LogP contribution >= 0.6 is 0 Å². The molecule has 0 aliphatic rings. The van der Waals surface area contributed by atoms with Crippen LogP contribution in [0.5, 0.6) is 0 Å². The van der Waals surface area contributed by atoms with E-state index in [9.17, 15) is 8.42 Å². The molecule has 0 aliphatic heterocycles. The molecule has 0 unspecified atom stereocenters.